The first kappa shape index (κ1) is 18.5. The monoisotopic (exact) mass is 392 g/mol. The van der Waals surface area contributed by atoms with Gasteiger partial charge in [-0.3, -0.25) is 9.78 Å². The molecule has 0 saturated heterocycles. The van der Waals surface area contributed by atoms with Gasteiger partial charge in [0.25, 0.3) is 5.91 Å². The van der Waals surface area contributed by atoms with E-state index in [2.05, 4.69) is 10.3 Å². The number of aromatic nitrogens is 1. The molecule has 136 valence electrons. The van der Waals surface area contributed by atoms with Crippen molar-refractivity contribution in [2.75, 3.05) is 26.0 Å². The number of carbonyl (C=O) groups is 2. The SMILES string of the molecule is CN(C)C(=O)N1CCc2c(cncc2C(=O)Nc2cccc(Cl)c2Cl)C1. The number of benzene rings is 1. The molecule has 1 N–H and O–H groups in total. The van der Waals surface area contributed by atoms with E-state index >= 15 is 0 Å². The molecule has 8 heteroatoms. The van der Waals surface area contributed by atoms with Crippen molar-refractivity contribution in [2.24, 2.45) is 0 Å². The van der Waals surface area contributed by atoms with E-state index in [1.807, 2.05) is 0 Å². The molecular weight excluding hydrogens is 375 g/mol. The van der Waals surface area contributed by atoms with Gasteiger partial charge in [-0.1, -0.05) is 29.3 Å². The number of urea groups is 1. The second kappa shape index (κ2) is 7.51. The summed E-state index contributed by atoms with van der Waals surface area (Å²) < 4.78 is 0. The fourth-order valence-corrected chi connectivity index (χ4v) is 3.27. The molecule has 0 bridgehead atoms. The lowest BCUT2D eigenvalue weighted by atomic mass is 9.97. The van der Waals surface area contributed by atoms with Gasteiger partial charge in [-0.15, -0.1) is 0 Å². The molecule has 3 rings (SSSR count). The summed E-state index contributed by atoms with van der Waals surface area (Å²) >= 11 is 12.1. The van der Waals surface area contributed by atoms with Gasteiger partial charge in [-0.25, -0.2) is 4.79 Å². The standard InChI is InChI=1S/C18H18Cl2N4O2/c1-23(2)18(26)24-7-6-12-11(10-24)8-21-9-13(12)17(25)22-15-5-3-4-14(19)16(15)20/h3-5,8-9H,6-7,10H2,1-2H3,(H,22,25). The van der Waals surface area contributed by atoms with Gasteiger partial charge in [0.05, 0.1) is 21.3 Å². The van der Waals surface area contributed by atoms with Gasteiger partial charge < -0.3 is 15.1 Å². The normalized spacial score (nSPS) is 13.2. The van der Waals surface area contributed by atoms with Crippen LogP contribution >= 0.6 is 23.2 Å². The first-order chi connectivity index (χ1) is 12.4. The van der Waals surface area contributed by atoms with E-state index < -0.39 is 0 Å². The van der Waals surface area contributed by atoms with E-state index in [9.17, 15) is 9.59 Å². The van der Waals surface area contributed by atoms with E-state index in [-0.39, 0.29) is 11.9 Å². The summed E-state index contributed by atoms with van der Waals surface area (Å²) in [5, 5.41) is 3.45. The zero-order valence-corrected chi connectivity index (χ0v) is 15.9. The highest BCUT2D eigenvalue weighted by Gasteiger charge is 2.26. The second-order valence-corrected chi connectivity index (χ2v) is 7.01. The number of fused-ring (bicyclic) bond motifs is 1. The fraction of sp³-hybridized carbons (Fsp3) is 0.278. The van der Waals surface area contributed by atoms with Crippen LogP contribution in [0.4, 0.5) is 10.5 Å². The maximum absolute atomic E-state index is 12.7. The van der Waals surface area contributed by atoms with E-state index in [0.717, 1.165) is 11.1 Å². The Labute approximate surface area is 161 Å². The Morgan fingerprint density at radius 2 is 2.00 bits per heavy atom. The summed E-state index contributed by atoms with van der Waals surface area (Å²) in [6.45, 7) is 0.977. The van der Waals surface area contributed by atoms with Crippen LogP contribution in [0.2, 0.25) is 10.0 Å². The number of pyridine rings is 1. The Morgan fingerprint density at radius 3 is 2.73 bits per heavy atom. The van der Waals surface area contributed by atoms with Crippen LogP contribution in [0.1, 0.15) is 21.5 Å². The molecule has 1 aliphatic rings. The Kier molecular flexibility index (Phi) is 5.34. The third kappa shape index (κ3) is 3.61. The molecule has 1 aromatic heterocycles. The number of nitrogens with zero attached hydrogens (tertiary/aromatic N) is 3. The van der Waals surface area contributed by atoms with Gasteiger partial charge in [0.2, 0.25) is 0 Å². The minimum Gasteiger partial charge on any atom is -0.331 e. The summed E-state index contributed by atoms with van der Waals surface area (Å²) in [7, 11) is 3.43. The van der Waals surface area contributed by atoms with Crippen LogP contribution < -0.4 is 5.32 Å². The molecule has 0 radical (unpaired) electrons. The highest BCUT2D eigenvalue weighted by molar-refractivity contribution is 6.44. The predicted molar refractivity (Wildman–Crippen MR) is 102 cm³/mol. The Balaban J connectivity index is 1.84. The Bertz CT molecular complexity index is 870. The third-order valence-corrected chi connectivity index (χ3v) is 5.06. The van der Waals surface area contributed by atoms with Crippen molar-refractivity contribution >= 4 is 40.8 Å². The predicted octanol–water partition coefficient (Wildman–Crippen LogP) is 3.68. The van der Waals surface area contributed by atoms with Crippen molar-refractivity contribution < 1.29 is 9.59 Å². The fourth-order valence-electron chi connectivity index (χ4n) is 2.93. The molecule has 0 fully saturated rings. The van der Waals surface area contributed by atoms with Gasteiger partial charge in [0, 0.05) is 39.6 Å². The van der Waals surface area contributed by atoms with Crippen LogP contribution in [-0.4, -0.2) is 47.4 Å². The number of anilines is 1. The molecule has 3 amide bonds. The van der Waals surface area contributed by atoms with Crippen molar-refractivity contribution in [3.63, 3.8) is 0 Å². The van der Waals surface area contributed by atoms with Crippen LogP contribution in [0.3, 0.4) is 0 Å². The molecule has 2 heterocycles. The molecule has 1 aromatic carbocycles. The van der Waals surface area contributed by atoms with Crippen molar-refractivity contribution in [3.8, 4) is 0 Å². The average Bonchev–Trinajstić information content (AvgIpc) is 2.63. The molecule has 0 spiro atoms. The van der Waals surface area contributed by atoms with Gasteiger partial charge in [-0.05, 0) is 29.7 Å². The quantitative estimate of drug-likeness (QED) is 0.847. The molecule has 6 nitrogen and oxygen atoms in total. The van der Waals surface area contributed by atoms with Crippen LogP contribution in [0, 0.1) is 0 Å². The largest absolute Gasteiger partial charge is 0.331 e. The number of amides is 3. The van der Waals surface area contributed by atoms with Crippen molar-refractivity contribution in [3.05, 3.63) is 57.3 Å². The highest BCUT2D eigenvalue weighted by Crippen LogP contribution is 2.30. The molecule has 0 atom stereocenters. The number of halogens is 2. The molecule has 0 unspecified atom stereocenters. The van der Waals surface area contributed by atoms with Gasteiger partial charge in [0.1, 0.15) is 0 Å². The average molecular weight is 393 g/mol. The summed E-state index contributed by atoms with van der Waals surface area (Å²) in [4.78, 5) is 32.3. The Morgan fingerprint density at radius 1 is 1.23 bits per heavy atom. The summed E-state index contributed by atoms with van der Waals surface area (Å²) in [5.74, 6) is -0.300. The lowest BCUT2D eigenvalue weighted by Crippen LogP contribution is -2.42. The minimum absolute atomic E-state index is 0.0591. The number of carbonyl (C=O) groups excluding carboxylic acids is 2. The topological polar surface area (TPSA) is 65.5 Å². The third-order valence-electron chi connectivity index (χ3n) is 4.24. The van der Waals surface area contributed by atoms with Gasteiger partial charge >= 0.3 is 6.03 Å². The van der Waals surface area contributed by atoms with E-state index in [0.29, 0.717) is 40.8 Å². The highest BCUT2D eigenvalue weighted by atomic mass is 35.5. The van der Waals surface area contributed by atoms with Crippen molar-refractivity contribution in [1.29, 1.82) is 0 Å². The lowest BCUT2D eigenvalue weighted by Gasteiger charge is -2.31. The van der Waals surface area contributed by atoms with Gasteiger partial charge in [-0.2, -0.15) is 0 Å². The number of nitrogens with one attached hydrogen (secondary N) is 1. The maximum Gasteiger partial charge on any atom is 0.319 e. The van der Waals surface area contributed by atoms with Crippen LogP contribution in [0.5, 0.6) is 0 Å². The van der Waals surface area contributed by atoms with Crippen LogP contribution in [0.15, 0.2) is 30.6 Å². The molecule has 0 aliphatic carbocycles. The molecule has 1 aliphatic heterocycles. The number of hydrogen-bond donors (Lipinski definition) is 1. The lowest BCUT2D eigenvalue weighted by molar-refractivity contribution is 0.102. The summed E-state index contributed by atoms with van der Waals surface area (Å²) in [5.41, 5.74) is 2.70. The first-order valence-corrected chi connectivity index (χ1v) is 8.81. The zero-order chi connectivity index (χ0) is 18.8. The molecule has 26 heavy (non-hydrogen) atoms. The smallest absolute Gasteiger partial charge is 0.319 e. The van der Waals surface area contributed by atoms with Crippen LogP contribution in [-0.2, 0) is 13.0 Å². The van der Waals surface area contributed by atoms with Crippen molar-refractivity contribution in [2.45, 2.75) is 13.0 Å². The maximum atomic E-state index is 12.7. The number of rotatable bonds is 2. The first-order valence-electron chi connectivity index (χ1n) is 8.06. The second-order valence-electron chi connectivity index (χ2n) is 6.23. The summed E-state index contributed by atoms with van der Waals surface area (Å²) in [6, 6.07) is 5.00. The molecule has 2 aromatic rings. The summed E-state index contributed by atoms with van der Waals surface area (Å²) in [6.07, 6.45) is 3.83. The van der Waals surface area contributed by atoms with E-state index in [1.54, 1.807) is 43.4 Å². The van der Waals surface area contributed by atoms with Gasteiger partial charge in [0.15, 0.2) is 0 Å². The van der Waals surface area contributed by atoms with E-state index in [4.69, 9.17) is 23.2 Å². The van der Waals surface area contributed by atoms with Crippen LogP contribution in [0.25, 0.3) is 0 Å². The van der Waals surface area contributed by atoms with Crippen molar-refractivity contribution in [1.82, 2.24) is 14.8 Å². The number of hydrogen-bond acceptors (Lipinski definition) is 3. The zero-order valence-electron chi connectivity index (χ0n) is 14.4. The van der Waals surface area contributed by atoms with E-state index in [1.165, 1.54) is 11.1 Å². The minimum atomic E-state index is -0.300. The Hall–Kier alpha value is -2.31. The molecule has 0 saturated carbocycles. The molecular formula is C18H18Cl2N4O2.